The van der Waals surface area contributed by atoms with Gasteiger partial charge in [-0.25, -0.2) is 15.0 Å². The van der Waals surface area contributed by atoms with Gasteiger partial charge < -0.3 is 14.9 Å². The molecular weight excluding hydrogens is 224 g/mol. The predicted molar refractivity (Wildman–Crippen MR) is 56.9 cm³/mol. The molecule has 90 valence electrons. The first-order valence-corrected chi connectivity index (χ1v) is 5.36. The lowest BCUT2D eigenvalue weighted by atomic mass is 10.2. The molecule has 0 bridgehead atoms. The number of imidazole rings is 1. The van der Waals surface area contributed by atoms with Gasteiger partial charge in [-0.2, -0.15) is 0 Å². The minimum absolute atomic E-state index is 0.195. The van der Waals surface area contributed by atoms with Crippen molar-refractivity contribution in [1.29, 1.82) is 0 Å². The van der Waals surface area contributed by atoms with Crippen LogP contribution in [0, 0.1) is 0 Å². The molecule has 1 aliphatic heterocycles. The SMILES string of the molecule is OCC1OC(n2cnc3cncnc32)CC1O. The van der Waals surface area contributed by atoms with Crippen LogP contribution in [0.3, 0.4) is 0 Å². The molecule has 0 aliphatic carbocycles. The maximum Gasteiger partial charge on any atom is 0.165 e. The van der Waals surface area contributed by atoms with E-state index in [-0.39, 0.29) is 12.8 Å². The Morgan fingerprint density at radius 3 is 3.12 bits per heavy atom. The number of rotatable bonds is 2. The first kappa shape index (κ1) is 10.6. The van der Waals surface area contributed by atoms with E-state index in [0.717, 1.165) is 0 Å². The molecule has 3 atom stereocenters. The third-order valence-electron chi connectivity index (χ3n) is 2.93. The van der Waals surface area contributed by atoms with Gasteiger partial charge in [-0.3, -0.25) is 4.57 Å². The van der Waals surface area contributed by atoms with Crippen LogP contribution in [-0.2, 0) is 4.74 Å². The van der Waals surface area contributed by atoms with Crippen LogP contribution in [0.5, 0.6) is 0 Å². The van der Waals surface area contributed by atoms with E-state index in [2.05, 4.69) is 15.0 Å². The van der Waals surface area contributed by atoms with Crippen LogP contribution < -0.4 is 0 Å². The summed E-state index contributed by atoms with van der Waals surface area (Å²) in [4.78, 5) is 12.2. The molecule has 3 rings (SSSR count). The van der Waals surface area contributed by atoms with Gasteiger partial charge in [0.1, 0.15) is 24.2 Å². The molecule has 0 amide bonds. The molecule has 0 aromatic carbocycles. The molecular formula is C10H12N4O3. The van der Waals surface area contributed by atoms with E-state index in [9.17, 15) is 5.11 Å². The minimum atomic E-state index is -0.663. The molecule has 0 saturated carbocycles. The summed E-state index contributed by atoms with van der Waals surface area (Å²) in [6.45, 7) is -0.195. The second-order valence-electron chi connectivity index (χ2n) is 4.00. The Morgan fingerprint density at radius 2 is 2.35 bits per heavy atom. The van der Waals surface area contributed by atoms with Gasteiger partial charge in [0.05, 0.1) is 25.2 Å². The molecule has 0 radical (unpaired) electrons. The number of aliphatic hydroxyl groups is 2. The fourth-order valence-corrected chi connectivity index (χ4v) is 2.05. The average Bonchev–Trinajstić information content (AvgIpc) is 2.92. The Labute approximate surface area is 96.7 Å². The summed E-state index contributed by atoms with van der Waals surface area (Å²) in [5.41, 5.74) is 1.34. The third-order valence-corrected chi connectivity index (χ3v) is 2.93. The molecule has 2 aromatic heterocycles. The molecule has 1 saturated heterocycles. The fourth-order valence-electron chi connectivity index (χ4n) is 2.05. The monoisotopic (exact) mass is 236 g/mol. The Bertz CT molecular complexity index is 529. The van der Waals surface area contributed by atoms with Gasteiger partial charge in [0, 0.05) is 6.42 Å². The van der Waals surface area contributed by atoms with Gasteiger partial charge in [0.15, 0.2) is 5.65 Å². The highest BCUT2D eigenvalue weighted by Gasteiger charge is 2.35. The third kappa shape index (κ3) is 1.68. The van der Waals surface area contributed by atoms with E-state index in [1.807, 2.05) is 0 Å². The van der Waals surface area contributed by atoms with Gasteiger partial charge in [-0.05, 0) is 0 Å². The van der Waals surface area contributed by atoms with Crippen molar-refractivity contribution in [3.8, 4) is 0 Å². The van der Waals surface area contributed by atoms with Gasteiger partial charge in [0.25, 0.3) is 0 Å². The van der Waals surface area contributed by atoms with Crippen LogP contribution in [-0.4, -0.2) is 48.5 Å². The van der Waals surface area contributed by atoms with Crippen molar-refractivity contribution < 1.29 is 14.9 Å². The number of hydrogen-bond donors (Lipinski definition) is 2. The molecule has 2 aromatic rings. The zero-order valence-electron chi connectivity index (χ0n) is 8.97. The van der Waals surface area contributed by atoms with E-state index in [4.69, 9.17) is 9.84 Å². The topological polar surface area (TPSA) is 93.3 Å². The first-order chi connectivity index (χ1) is 8.29. The van der Waals surface area contributed by atoms with Crippen molar-refractivity contribution in [2.75, 3.05) is 6.61 Å². The highest BCUT2D eigenvalue weighted by atomic mass is 16.5. The summed E-state index contributed by atoms with van der Waals surface area (Å²) in [7, 11) is 0. The molecule has 7 nitrogen and oxygen atoms in total. The van der Waals surface area contributed by atoms with Gasteiger partial charge in [-0.1, -0.05) is 0 Å². The normalized spacial score (nSPS) is 28.9. The van der Waals surface area contributed by atoms with Crippen molar-refractivity contribution in [2.24, 2.45) is 0 Å². The van der Waals surface area contributed by atoms with Crippen molar-refractivity contribution in [1.82, 2.24) is 19.5 Å². The summed E-state index contributed by atoms with van der Waals surface area (Å²) >= 11 is 0. The van der Waals surface area contributed by atoms with E-state index < -0.39 is 12.2 Å². The van der Waals surface area contributed by atoms with Crippen LogP contribution in [0.2, 0.25) is 0 Å². The van der Waals surface area contributed by atoms with Crippen molar-refractivity contribution >= 4 is 11.2 Å². The zero-order chi connectivity index (χ0) is 11.8. The fraction of sp³-hybridized carbons (Fsp3) is 0.500. The maximum atomic E-state index is 9.68. The van der Waals surface area contributed by atoms with Crippen LogP contribution in [0.4, 0.5) is 0 Å². The van der Waals surface area contributed by atoms with Crippen molar-refractivity contribution in [2.45, 2.75) is 24.9 Å². The lowest BCUT2D eigenvalue weighted by Crippen LogP contribution is -2.24. The quantitative estimate of drug-likeness (QED) is 0.728. The number of fused-ring (bicyclic) bond motifs is 1. The number of nitrogens with zero attached hydrogens (tertiary/aromatic N) is 4. The van der Waals surface area contributed by atoms with Gasteiger partial charge in [0.2, 0.25) is 0 Å². The number of ether oxygens (including phenoxy) is 1. The van der Waals surface area contributed by atoms with Crippen LogP contribution in [0.15, 0.2) is 18.9 Å². The zero-order valence-corrected chi connectivity index (χ0v) is 8.97. The van der Waals surface area contributed by atoms with Crippen molar-refractivity contribution in [3.63, 3.8) is 0 Å². The molecule has 3 unspecified atom stereocenters. The summed E-state index contributed by atoms with van der Waals surface area (Å²) in [5.74, 6) is 0. The molecule has 7 heteroatoms. The first-order valence-electron chi connectivity index (χ1n) is 5.36. The molecule has 3 heterocycles. The summed E-state index contributed by atoms with van der Waals surface area (Å²) in [6, 6.07) is 0. The minimum Gasteiger partial charge on any atom is -0.394 e. The lowest BCUT2D eigenvalue weighted by Gasteiger charge is -2.13. The summed E-state index contributed by atoms with van der Waals surface area (Å²) in [5, 5.41) is 18.7. The highest BCUT2D eigenvalue weighted by molar-refractivity contribution is 5.68. The maximum absolute atomic E-state index is 9.68. The number of hydrogen-bond acceptors (Lipinski definition) is 6. The molecule has 17 heavy (non-hydrogen) atoms. The van der Waals surface area contributed by atoms with E-state index in [1.54, 1.807) is 17.1 Å². The van der Waals surface area contributed by atoms with Crippen LogP contribution in [0.1, 0.15) is 12.6 Å². The smallest absolute Gasteiger partial charge is 0.165 e. The van der Waals surface area contributed by atoms with Gasteiger partial charge in [-0.15, -0.1) is 0 Å². The number of aromatic nitrogens is 4. The Morgan fingerprint density at radius 1 is 1.47 bits per heavy atom. The van der Waals surface area contributed by atoms with E-state index in [1.165, 1.54) is 6.33 Å². The summed E-state index contributed by atoms with van der Waals surface area (Å²) < 4.78 is 7.28. The van der Waals surface area contributed by atoms with Crippen LogP contribution >= 0.6 is 0 Å². The molecule has 1 aliphatic rings. The number of aliphatic hydroxyl groups excluding tert-OH is 2. The molecule has 1 fully saturated rings. The largest absolute Gasteiger partial charge is 0.394 e. The summed E-state index contributed by atoms with van der Waals surface area (Å²) in [6.07, 6.45) is 3.53. The molecule has 2 N–H and O–H groups in total. The van der Waals surface area contributed by atoms with Gasteiger partial charge >= 0.3 is 0 Å². The standard InChI is InChI=1S/C10H12N4O3/c15-3-8-7(16)1-9(17-8)14-5-13-6-2-11-4-12-10(6)14/h2,4-5,7-9,15-16H,1,3H2. The Balaban J connectivity index is 1.95. The Kier molecular flexibility index (Phi) is 2.50. The lowest BCUT2D eigenvalue weighted by molar-refractivity contribution is -0.0432. The highest BCUT2D eigenvalue weighted by Crippen LogP contribution is 2.30. The predicted octanol–water partition coefficient (Wildman–Crippen LogP) is -0.533. The second kappa shape index (κ2) is 4.02. The Hall–Kier alpha value is -1.57. The van der Waals surface area contributed by atoms with Crippen molar-refractivity contribution in [3.05, 3.63) is 18.9 Å². The molecule has 0 spiro atoms. The van der Waals surface area contributed by atoms with E-state index >= 15 is 0 Å². The van der Waals surface area contributed by atoms with E-state index in [0.29, 0.717) is 17.6 Å². The second-order valence-corrected chi connectivity index (χ2v) is 4.00. The van der Waals surface area contributed by atoms with Crippen LogP contribution in [0.25, 0.3) is 11.2 Å². The average molecular weight is 236 g/mol.